The van der Waals surface area contributed by atoms with Gasteiger partial charge in [-0.1, -0.05) is 11.1 Å². The van der Waals surface area contributed by atoms with Gasteiger partial charge in [0.1, 0.15) is 0 Å². The Morgan fingerprint density at radius 3 is 1.62 bits per heavy atom. The van der Waals surface area contributed by atoms with Crippen molar-refractivity contribution in [2.75, 3.05) is 0 Å². The molecule has 0 unspecified atom stereocenters. The van der Waals surface area contributed by atoms with Crippen molar-refractivity contribution in [2.24, 2.45) is 0 Å². The Hall–Kier alpha value is -0.343. The number of hydrogen-bond acceptors (Lipinski definition) is 1. The topological polar surface area (TPSA) is 9.23 Å². The normalized spacial score (nSPS) is 19.3. The maximum atomic E-state index is 6.23. The molecule has 2 heteroatoms. The van der Waals surface area contributed by atoms with Gasteiger partial charge in [-0.15, -0.1) is 0 Å². The summed E-state index contributed by atoms with van der Waals surface area (Å²) in [5, 5.41) is 0. The molecule has 0 aromatic rings. The quantitative estimate of drug-likeness (QED) is 0.649. The Morgan fingerprint density at radius 2 is 1.31 bits per heavy atom. The highest BCUT2D eigenvalue weighted by atomic mass is 28.4. The Balaban J connectivity index is 3.07. The largest absolute Gasteiger partial charge is 0.414 e. The Bertz CT molecular complexity index is 324. The molecular formula is C14H26OSi. The molecule has 0 aromatic heterocycles. The zero-order valence-electron chi connectivity index (χ0n) is 12.1. The van der Waals surface area contributed by atoms with Gasteiger partial charge in [-0.3, -0.25) is 0 Å². The molecule has 0 saturated carbocycles. The highest BCUT2D eigenvalue weighted by Gasteiger charge is 2.40. The molecule has 92 valence electrons. The highest BCUT2D eigenvalue weighted by Crippen LogP contribution is 2.46. The fourth-order valence-electron chi connectivity index (χ4n) is 3.07. The van der Waals surface area contributed by atoms with Gasteiger partial charge in [0.15, 0.2) is 8.32 Å². The maximum absolute atomic E-state index is 6.23. The second kappa shape index (κ2) is 4.50. The summed E-state index contributed by atoms with van der Waals surface area (Å²) in [6.07, 6.45) is 0.337. The molecule has 0 aliphatic heterocycles. The zero-order valence-corrected chi connectivity index (χ0v) is 13.1. The van der Waals surface area contributed by atoms with Crippen LogP contribution in [0.1, 0.15) is 41.5 Å². The summed E-state index contributed by atoms with van der Waals surface area (Å²) in [5.41, 5.74) is 6.61. The second-order valence-electron chi connectivity index (χ2n) is 5.82. The summed E-state index contributed by atoms with van der Waals surface area (Å²) >= 11 is 0. The summed E-state index contributed by atoms with van der Waals surface area (Å²) < 4.78 is 6.23. The molecule has 16 heavy (non-hydrogen) atoms. The van der Waals surface area contributed by atoms with E-state index < -0.39 is 8.32 Å². The van der Waals surface area contributed by atoms with E-state index in [0.717, 1.165) is 0 Å². The van der Waals surface area contributed by atoms with Crippen LogP contribution in [0.2, 0.25) is 18.6 Å². The van der Waals surface area contributed by atoms with Crippen molar-refractivity contribution < 1.29 is 4.43 Å². The van der Waals surface area contributed by atoms with Crippen LogP contribution in [-0.4, -0.2) is 14.4 Å². The molecule has 1 nitrogen and oxygen atoms in total. The van der Waals surface area contributed by atoms with Crippen LogP contribution in [0.25, 0.3) is 0 Å². The Kier molecular flexibility index (Phi) is 3.86. The fraction of sp³-hybridized carbons (Fsp3) is 0.714. The van der Waals surface area contributed by atoms with Crippen LogP contribution in [0.3, 0.4) is 0 Å². The lowest BCUT2D eigenvalue weighted by Crippen LogP contribution is -2.39. The van der Waals surface area contributed by atoms with Crippen LogP contribution >= 0.6 is 0 Å². The predicted octanol–water partition coefficient (Wildman–Crippen LogP) is 4.67. The SMILES string of the molecule is CC1=C(C)C([Si](C)(C)OC(C)C)C(C)=C1C. The molecule has 0 fully saturated rings. The van der Waals surface area contributed by atoms with E-state index in [1.165, 1.54) is 22.3 Å². The van der Waals surface area contributed by atoms with Crippen molar-refractivity contribution in [3.8, 4) is 0 Å². The molecule has 0 bridgehead atoms. The van der Waals surface area contributed by atoms with Crippen LogP contribution < -0.4 is 0 Å². The molecule has 0 N–H and O–H groups in total. The molecule has 1 aliphatic rings. The zero-order chi connectivity index (χ0) is 12.7. The van der Waals surface area contributed by atoms with E-state index in [0.29, 0.717) is 11.6 Å². The van der Waals surface area contributed by atoms with E-state index in [9.17, 15) is 0 Å². The molecule has 0 aromatic carbocycles. The summed E-state index contributed by atoms with van der Waals surface area (Å²) in [6.45, 7) is 18.0. The second-order valence-corrected chi connectivity index (χ2v) is 9.84. The molecule has 0 spiro atoms. The molecule has 0 amide bonds. The first-order chi connectivity index (χ1) is 7.18. The van der Waals surface area contributed by atoms with E-state index in [1.54, 1.807) is 0 Å². The van der Waals surface area contributed by atoms with Crippen LogP contribution in [-0.2, 0) is 4.43 Å². The fourth-order valence-corrected chi connectivity index (χ4v) is 6.94. The number of allylic oxidation sites excluding steroid dienone is 4. The highest BCUT2D eigenvalue weighted by molar-refractivity contribution is 6.74. The van der Waals surface area contributed by atoms with E-state index in [4.69, 9.17) is 4.43 Å². The van der Waals surface area contributed by atoms with Gasteiger partial charge in [0.05, 0.1) is 0 Å². The minimum atomic E-state index is -1.66. The minimum Gasteiger partial charge on any atom is -0.414 e. The van der Waals surface area contributed by atoms with Crippen molar-refractivity contribution in [1.82, 2.24) is 0 Å². The third kappa shape index (κ3) is 2.33. The first-order valence-electron chi connectivity index (χ1n) is 6.21. The lowest BCUT2D eigenvalue weighted by atomic mass is 10.1. The van der Waals surface area contributed by atoms with Gasteiger partial charge in [0, 0.05) is 11.6 Å². The maximum Gasteiger partial charge on any atom is 0.198 e. The van der Waals surface area contributed by atoms with Crippen molar-refractivity contribution in [1.29, 1.82) is 0 Å². The van der Waals surface area contributed by atoms with Crippen LogP contribution in [0, 0.1) is 0 Å². The summed E-state index contributed by atoms with van der Waals surface area (Å²) in [7, 11) is -1.66. The summed E-state index contributed by atoms with van der Waals surface area (Å²) in [5.74, 6) is 0. The van der Waals surface area contributed by atoms with Crippen LogP contribution in [0.15, 0.2) is 22.3 Å². The average molecular weight is 238 g/mol. The van der Waals surface area contributed by atoms with E-state index in [1.807, 2.05) is 0 Å². The van der Waals surface area contributed by atoms with Gasteiger partial charge < -0.3 is 4.43 Å². The molecule has 1 aliphatic carbocycles. The monoisotopic (exact) mass is 238 g/mol. The lowest BCUT2D eigenvalue weighted by molar-refractivity contribution is 0.229. The summed E-state index contributed by atoms with van der Waals surface area (Å²) in [4.78, 5) is 0. The van der Waals surface area contributed by atoms with Gasteiger partial charge in [-0.05, 0) is 65.8 Å². The van der Waals surface area contributed by atoms with E-state index in [2.05, 4.69) is 54.6 Å². The van der Waals surface area contributed by atoms with E-state index in [-0.39, 0.29) is 0 Å². The average Bonchev–Trinajstić information content (AvgIpc) is 2.29. The van der Waals surface area contributed by atoms with E-state index >= 15 is 0 Å². The van der Waals surface area contributed by atoms with Gasteiger partial charge in [0.25, 0.3) is 0 Å². The first kappa shape index (κ1) is 13.7. The number of rotatable bonds is 3. The lowest BCUT2D eigenvalue weighted by Gasteiger charge is -2.34. The third-order valence-corrected chi connectivity index (χ3v) is 7.18. The predicted molar refractivity (Wildman–Crippen MR) is 74.2 cm³/mol. The molecular weight excluding hydrogens is 212 g/mol. The smallest absolute Gasteiger partial charge is 0.198 e. The van der Waals surface area contributed by atoms with Gasteiger partial charge in [0.2, 0.25) is 0 Å². The first-order valence-corrected chi connectivity index (χ1v) is 9.20. The van der Waals surface area contributed by atoms with Crippen molar-refractivity contribution in [2.45, 2.75) is 66.3 Å². The van der Waals surface area contributed by atoms with Crippen LogP contribution in [0.5, 0.6) is 0 Å². The standard InChI is InChI=1S/C14H26OSi/c1-9(2)15-16(7,8)14-12(5)10(3)11(4)13(14)6/h9,14H,1-8H3. The van der Waals surface area contributed by atoms with Gasteiger partial charge in [-0.2, -0.15) is 0 Å². The van der Waals surface area contributed by atoms with Gasteiger partial charge >= 0.3 is 0 Å². The summed E-state index contributed by atoms with van der Waals surface area (Å²) in [6, 6.07) is 0. The Labute approximate surface area is 102 Å². The van der Waals surface area contributed by atoms with Crippen molar-refractivity contribution >= 4 is 8.32 Å². The van der Waals surface area contributed by atoms with Gasteiger partial charge in [-0.25, -0.2) is 0 Å². The minimum absolute atomic E-state index is 0.337. The van der Waals surface area contributed by atoms with Crippen LogP contribution in [0.4, 0.5) is 0 Å². The molecule has 0 atom stereocenters. The van der Waals surface area contributed by atoms with Crippen molar-refractivity contribution in [3.05, 3.63) is 22.3 Å². The molecule has 0 radical (unpaired) electrons. The molecule has 0 saturated heterocycles. The Morgan fingerprint density at radius 1 is 0.938 bits per heavy atom. The van der Waals surface area contributed by atoms with Crippen molar-refractivity contribution in [3.63, 3.8) is 0 Å². The molecule has 0 heterocycles. The third-order valence-electron chi connectivity index (χ3n) is 3.85. The number of hydrogen-bond donors (Lipinski definition) is 0. The molecule has 1 rings (SSSR count).